The average Bonchev–Trinajstić information content (AvgIpc) is 2.50. The Kier molecular flexibility index (Phi) is 5.07. The number of aromatic nitrogens is 2. The maximum Gasteiger partial charge on any atom is 0.0574 e. The van der Waals surface area contributed by atoms with E-state index in [4.69, 9.17) is 0 Å². The lowest BCUT2D eigenvalue weighted by molar-refractivity contribution is 0.561. The highest BCUT2D eigenvalue weighted by Gasteiger charge is 2.09. The zero-order valence-corrected chi connectivity index (χ0v) is 12.4. The standard InChI is InChI=1S/C16H22N4/c1-4-15(17-2)16-6-5-14(11-19-16)20(3)12-13-7-9-18-10-8-13/h5-11,15,17H,4,12H2,1-3H3. The summed E-state index contributed by atoms with van der Waals surface area (Å²) in [4.78, 5) is 10.8. The Labute approximate surface area is 120 Å². The first-order valence-electron chi connectivity index (χ1n) is 6.97. The third-order valence-electron chi connectivity index (χ3n) is 3.49. The van der Waals surface area contributed by atoms with Crippen molar-refractivity contribution >= 4 is 5.69 Å². The Morgan fingerprint density at radius 2 is 1.95 bits per heavy atom. The van der Waals surface area contributed by atoms with Gasteiger partial charge in [-0.05, 0) is 43.3 Å². The number of hydrogen-bond donors (Lipinski definition) is 1. The summed E-state index contributed by atoms with van der Waals surface area (Å²) in [6, 6.07) is 8.63. The van der Waals surface area contributed by atoms with Crippen molar-refractivity contribution in [1.82, 2.24) is 15.3 Å². The lowest BCUT2D eigenvalue weighted by Gasteiger charge is -2.20. The second kappa shape index (κ2) is 7.01. The van der Waals surface area contributed by atoms with E-state index in [-0.39, 0.29) is 0 Å². The van der Waals surface area contributed by atoms with Crippen LogP contribution in [-0.4, -0.2) is 24.1 Å². The van der Waals surface area contributed by atoms with Crippen molar-refractivity contribution in [1.29, 1.82) is 0 Å². The summed E-state index contributed by atoms with van der Waals surface area (Å²) in [7, 11) is 4.05. The second-order valence-corrected chi connectivity index (χ2v) is 4.90. The van der Waals surface area contributed by atoms with Crippen molar-refractivity contribution in [3.63, 3.8) is 0 Å². The highest BCUT2D eigenvalue weighted by atomic mass is 15.1. The van der Waals surface area contributed by atoms with Crippen molar-refractivity contribution in [2.45, 2.75) is 25.9 Å². The van der Waals surface area contributed by atoms with Crippen LogP contribution in [0.2, 0.25) is 0 Å². The van der Waals surface area contributed by atoms with Gasteiger partial charge in [0.15, 0.2) is 0 Å². The maximum atomic E-state index is 4.57. The summed E-state index contributed by atoms with van der Waals surface area (Å²) in [6.45, 7) is 3.01. The lowest BCUT2D eigenvalue weighted by Crippen LogP contribution is -2.19. The molecule has 2 rings (SSSR count). The number of anilines is 1. The minimum atomic E-state index is 0.328. The van der Waals surface area contributed by atoms with Gasteiger partial charge in [0.1, 0.15) is 0 Å². The zero-order chi connectivity index (χ0) is 14.4. The first-order chi connectivity index (χ1) is 9.74. The fourth-order valence-corrected chi connectivity index (χ4v) is 2.24. The third kappa shape index (κ3) is 3.54. The zero-order valence-electron chi connectivity index (χ0n) is 12.4. The summed E-state index contributed by atoms with van der Waals surface area (Å²) in [5.41, 5.74) is 3.46. The molecule has 106 valence electrons. The molecule has 20 heavy (non-hydrogen) atoms. The van der Waals surface area contributed by atoms with Gasteiger partial charge in [-0.25, -0.2) is 0 Å². The van der Waals surface area contributed by atoms with E-state index >= 15 is 0 Å². The highest BCUT2D eigenvalue weighted by molar-refractivity contribution is 5.44. The van der Waals surface area contributed by atoms with E-state index in [1.54, 1.807) is 0 Å². The van der Waals surface area contributed by atoms with E-state index in [1.807, 2.05) is 37.8 Å². The molecule has 0 spiro atoms. The van der Waals surface area contributed by atoms with E-state index < -0.39 is 0 Å². The van der Waals surface area contributed by atoms with Crippen LogP contribution >= 0.6 is 0 Å². The number of nitrogens with one attached hydrogen (secondary N) is 1. The molecule has 1 unspecified atom stereocenters. The van der Waals surface area contributed by atoms with Crippen LogP contribution < -0.4 is 10.2 Å². The van der Waals surface area contributed by atoms with Gasteiger partial charge in [0.2, 0.25) is 0 Å². The Bertz CT molecular complexity index is 506. The number of nitrogens with zero attached hydrogens (tertiary/aromatic N) is 3. The highest BCUT2D eigenvalue weighted by Crippen LogP contribution is 2.18. The maximum absolute atomic E-state index is 4.57. The number of hydrogen-bond acceptors (Lipinski definition) is 4. The van der Waals surface area contributed by atoms with Gasteiger partial charge in [0.25, 0.3) is 0 Å². The van der Waals surface area contributed by atoms with Crippen LogP contribution in [0.1, 0.15) is 30.6 Å². The van der Waals surface area contributed by atoms with Crippen molar-refractivity contribution in [2.75, 3.05) is 19.0 Å². The van der Waals surface area contributed by atoms with E-state index in [0.717, 1.165) is 24.3 Å². The molecule has 2 heterocycles. The molecule has 4 nitrogen and oxygen atoms in total. The number of rotatable bonds is 6. The van der Waals surface area contributed by atoms with Crippen molar-refractivity contribution in [3.8, 4) is 0 Å². The van der Waals surface area contributed by atoms with Gasteiger partial charge in [-0.15, -0.1) is 0 Å². The SMILES string of the molecule is CCC(NC)c1ccc(N(C)Cc2ccncc2)cn1. The van der Waals surface area contributed by atoms with Gasteiger partial charge in [0, 0.05) is 32.0 Å². The monoisotopic (exact) mass is 270 g/mol. The normalized spacial score (nSPS) is 12.2. The van der Waals surface area contributed by atoms with Crippen LogP contribution in [0.4, 0.5) is 5.69 Å². The molecule has 0 amide bonds. The molecule has 0 fully saturated rings. The predicted molar refractivity (Wildman–Crippen MR) is 82.7 cm³/mol. The van der Waals surface area contributed by atoms with E-state index in [2.05, 4.69) is 46.3 Å². The van der Waals surface area contributed by atoms with E-state index in [1.165, 1.54) is 5.56 Å². The molecule has 0 saturated carbocycles. The van der Waals surface area contributed by atoms with Crippen LogP contribution in [0.25, 0.3) is 0 Å². The van der Waals surface area contributed by atoms with Crippen LogP contribution in [0, 0.1) is 0 Å². The molecule has 2 aromatic rings. The van der Waals surface area contributed by atoms with Crippen LogP contribution in [-0.2, 0) is 6.54 Å². The Balaban J connectivity index is 2.06. The molecule has 0 radical (unpaired) electrons. The smallest absolute Gasteiger partial charge is 0.0574 e. The molecule has 1 N–H and O–H groups in total. The van der Waals surface area contributed by atoms with Gasteiger partial charge < -0.3 is 10.2 Å². The summed E-state index contributed by atoms with van der Waals surface area (Å²) in [6.07, 6.45) is 6.62. The Morgan fingerprint density at radius 1 is 1.20 bits per heavy atom. The third-order valence-corrected chi connectivity index (χ3v) is 3.49. The fraction of sp³-hybridized carbons (Fsp3) is 0.375. The first kappa shape index (κ1) is 14.5. The topological polar surface area (TPSA) is 41.0 Å². The second-order valence-electron chi connectivity index (χ2n) is 4.90. The van der Waals surface area contributed by atoms with Crippen LogP contribution in [0.3, 0.4) is 0 Å². The molecule has 4 heteroatoms. The molecular weight excluding hydrogens is 248 g/mol. The molecular formula is C16H22N4. The Morgan fingerprint density at radius 3 is 2.50 bits per heavy atom. The largest absolute Gasteiger partial charge is 0.369 e. The van der Waals surface area contributed by atoms with Crippen molar-refractivity contribution in [3.05, 3.63) is 54.1 Å². The quantitative estimate of drug-likeness (QED) is 0.876. The van der Waals surface area contributed by atoms with Crippen LogP contribution in [0.15, 0.2) is 42.9 Å². The van der Waals surface area contributed by atoms with E-state index in [0.29, 0.717) is 6.04 Å². The van der Waals surface area contributed by atoms with Crippen LogP contribution in [0.5, 0.6) is 0 Å². The molecule has 0 aliphatic rings. The summed E-state index contributed by atoms with van der Waals surface area (Å²) in [5.74, 6) is 0. The van der Waals surface area contributed by atoms with E-state index in [9.17, 15) is 0 Å². The summed E-state index contributed by atoms with van der Waals surface area (Å²) < 4.78 is 0. The lowest BCUT2D eigenvalue weighted by atomic mass is 10.1. The van der Waals surface area contributed by atoms with Gasteiger partial charge in [-0.2, -0.15) is 0 Å². The first-order valence-corrected chi connectivity index (χ1v) is 6.97. The summed E-state index contributed by atoms with van der Waals surface area (Å²) in [5, 5.41) is 3.27. The Hall–Kier alpha value is -1.94. The molecule has 0 aliphatic heterocycles. The van der Waals surface area contributed by atoms with Crippen molar-refractivity contribution in [2.24, 2.45) is 0 Å². The van der Waals surface area contributed by atoms with Gasteiger partial charge in [-0.3, -0.25) is 9.97 Å². The van der Waals surface area contributed by atoms with Gasteiger partial charge in [0.05, 0.1) is 17.6 Å². The summed E-state index contributed by atoms with van der Waals surface area (Å²) >= 11 is 0. The average molecular weight is 270 g/mol. The van der Waals surface area contributed by atoms with Crippen molar-refractivity contribution < 1.29 is 0 Å². The van der Waals surface area contributed by atoms with Gasteiger partial charge >= 0.3 is 0 Å². The number of pyridine rings is 2. The molecule has 0 aliphatic carbocycles. The molecule has 1 atom stereocenters. The molecule has 0 bridgehead atoms. The molecule has 0 saturated heterocycles. The predicted octanol–water partition coefficient (Wildman–Crippen LogP) is 2.78. The van der Waals surface area contributed by atoms with Gasteiger partial charge in [-0.1, -0.05) is 6.92 Å². The molecule has 0 aromatic carbocycles. The minimum Gasteiger partial charge on any atom is -0.369 e. The fourth-order valence-electron chi connectivity index (χ4n) is 2.24. The molecule has 2 aromatic heterocycles. The minimum absolute atomic E-state index is 0.328.